The highest BCUT2D eigenvalue weighted by atomic mass is 32.1. The van der Waals surface area contributed by atoms with Gasteiger partial charge in [-0.2, -0.15) is 0 Å². The maximum absolute atomic E-state index is 3.00. The SMILES string of the molecule is CC(C)(C)c1ccc(N2c3cc4ccccc4c4c3B(c3ccc5sc6ccccc6c5c32)N2c3c-4cc(C(C)(C)C)cc3C3(C)CCCCC23C)c(-c2ccccc2)c1. The molecule has 4 heterocycles. The first-order chi connectivity index (χ1) is 28.8. The molecular weight excluding hydrogens is 744 g/mol. The van der Waals surface area contributed by atoms with Crippen LogP contribution in [0.1, 0.15) is 97.8 Å². The zero-order valence-electron chi connectivity index (χ0n) is 36.3. The minimum Gasteiger partial charge on any atom is -0.400 e. The lowest BCUT2D eigenvalue weighted by Crippen LogP contribution is -2.70. The first-order valence-corrected chi connectivity index (χ1v) is 23.1. The standard InChI is InChI=1S/C56H53BN2S/c1-53(2,3)36-24-26-44(40(31-36)34-18-10-9-11-19-34)58-45-30-35-20-12-13-21-38(35)48-41-32-37(54(4,5)6)33-42-51(41)59(56(8)29-17-16-28-55(42,56)7)57(50(45)48)43-25-27-47-49(52(43)58)39-22-14-15-23-46(39)60-47/h9-15,18-27,30-33H,16-17,28-29H2,1-8H3. The lowest BCUT2D eigenvalue weighted by atomic mass is 9.41. The van der Waals surface area contributed by atoms with Crippen molar-refractivity contribution in [3.05, 3.63) is 144 Å². The molecule has 1 aromatic heterocycles. The molecule has 0 N–H and O–H groups in total. The fourth-order valence-electron chi connectivity index (χ4n) is 12.1. The fraction of sp³-hybridized carbons (Fsp3) is 0.286. The third kappa shape index (κ3) is 4.72. The van der Waals surface area contributed by atoms with Crippen LogP contribution in [0.5, 0.6) is 0 Å². The van der Waals surface area contributed by atoms with Gasteiger partial charge in [-0.25, -0.2) is 0 Å². The zero-order chi connectivity index (χ0) is 41.1. The lowest BCUT2D eigenvalue weighted by Gasteiger charge is -2.55. The number of rotatable bonds is 2. The Hall–Kier alpha value is -5.32. The van der Waals surface area contributed by atoms with Gasteiger partial charge in [-0.15, -0.1) is 11.3 Å². The minimum absolute atomic E-state index is 0.00404. The summed E-state index contributed by atoms with van der Waals surface area (Å²) in [7, 11) is 0. The molecule has 2 nitrogen and oxygen atoms in total. The topological polar surface area (TPSA) is 6.48 Å². The Balaban J connectivity index is 1.29. The Morgan fingerprint density at radius 2 is 1.30 bits per heavy atom. The number of fused-ring (bicyclic) bond motifs is 13. The fourth-order valence-corrected chi connectivity index (χ4v) is 13.2. The molecule has 0 radical (unpaired) electrons. The normalized spacial score (nSPS) is 20.4. The first kappa shape index (κ1) is 36.5. The Kier molecular flexibility index (Phi) is 7.41. The molecule has 0 saturated heterocycles. The van der Waals surface area contributed by atoms with Crippen molar-refractivity contribution in [2.75, 3.05) is 9.71 Å². The number of hydrogen-bond acceptors (Lipinski definition) is 3. The van der Waals surface area contributed by atoms with Gasteiger partial charge in [0.15, 0.2) is 0 Å². The first-order valence-electron chi connectivity index (χ1n) is 22.3. The van der Waals surface area contributed by atoms with Gasteiger partial charge in [0, 0.05) is 53.6 Å². The van der Waals surface area contributed by atoms with Crippen molar-refractivity contribution in [2.24, 2.45) is 0 Å². The van der Waals surface area contributed by atoms with Crippen LogP contribution in [0.15, 0.2) is 127 Å². The average molecular weight is 797 g/mol. The lowest BCUT2D eigenvalue weighted by molar-refractivity contribution is 0.199. The molecule has 60 heavy (non-hydrogen) atoms. The quantitative estimate of drug-likeness (QED) is 0.161. The summed E-state index contributed by atoms with van der Waals surface area (Å²) in [4.78, 5) is 5.73. The average Bonchev–Trinajstić information content (AvgIpc) is 3.72. The highest BCUT2D eigenvalue weighted by molar-refractivity contribution is 7.26. The van der Waals surface area contributed by atoms with Gasteiger partial charge in [-0.3, -0.25) is 0 Å². The van der Waals surface area contributed by atoms with Gasteiger partial charge in [0.05, 0.1) is 11.4 Å². The van der Waals surface area contributed by atoms with E-state index in [1.54, 1.807) is 5.56 Å². The molecule has 7 aromatic carbocycles. The third-order valence-corrected chi connectivity index (χ3v) is 16.6. The molecular formula is C56H53BN2S. The monoisotopic (exact) mass is 796 g/mol. The Morgan fingerprint density at radius 1 is 0.600 bits per heavy atom. The molecule has 2 atom stereocenters. The number of nitrogens with zero attached hydrogens (tertiary/aromatic N) is 2. The third-order valence-electron chi connectivity index (χ3n) is 15.5. The summed E-state index contributed by atoms with van der Waals surface area (Å²) >= 11 is 1.93. The second-order valence-electron chi connectivity index (χ2n) is 20.8. The number of hydrogen-bond donors (Lipinski definition) is 0. The van der Waals surface area contributed by atoms with E-state index in [0.717, 1.165) is 0 Å². The van der Waals surface area contributed by atoms with Gasteiger partial charge in [0.1, 0.15) is 0 Å². The van der Waals surface area contributed by atoms with Crippen LogP contribution in [0.2, 0.25) is 0 Å². The van der Waals surface area contributed by atoms with E-state index in [2.05, 4.69) is 192 Å². The molecule has 1 saturated carbocycles. The molecule has 296 valence electrons. The molecule has 0 amide bonds. The molecule has 3 aliphatic heterocycles. The van der Waals surface area contributed by atoms with Gasteiger partial charge >= 0.3 is 6.85 Å². The zero-order valence-corrected chi connectivity index (χ0v) is 37.1. The summed E-state index contributed by atoms with van der Waals surface area (Å²) in [5, 5.41) is 5.37. The second-order valence-corrected chi connectivity index (χ2v) is 21.9. The Labute approximate surface area is 360 Å². The van der Waals surface area contributed by atoms with Crippen LogP contribution in [-0.2, 0) is 16.2 Å². The molecule has 12 rings (SSSR count). The maximum atomic E-state index is 3.00. The van der Waals surface area contributed by atoms with Crippen LogP contribution in [-0.4, -0.2) is 12.4 Å². The molecule has 4 heteroatoms. The second kappa shape index (κ2) is 12.2. The molecule has 0 bridgehead atoms. The van der Waals surface area contributed by atoms with Crippen LogP contribution in [0.4, 0.5) is 22.7 Å². The van der Waals surface area contributed by atoms with E-state index >= 15 is 0 Å². The van der Waals surface area contributed by atoms with E-state index < -0.39 is 0 Å². The van der Waals surface area contributed by atoms with Crippen molar-refractivity contribution in [1.29, 1.82) is 0 Å². The Morgan fingerprint density at radius 3 is 2.08 bits per heavy atom. The van der Waals surface area contributed by atoms with Crippen molar-refractivity contribution in [1.82, 2.24) is 0 Å². The summed E-state index contributed by atoms with van der Waals surface area (Å²) in [6.45, 7) is 19.6. The minimum atomic E-state index is -0.0568. The molecule has 1 aliphatic carbocycles. The summed E-state index contributed by atoms with van der Waals surface area (Å²) in [5.74, 6) is 0. The number of thiophene rings is 1. The van der Waals surface area contributed by atoms with Gasteiger partial charge in [0.25, 0.3) is 0 Å². The largest absolute Gasteiger partial charge is 0.400 e. The van der Waals surface area contributed by atoms with Crippen molar-refractivity contribution in [3.8, 4) is 22.3 Å². The van der Waals surface area contributed by atoms with Crippen molar-refractivity contribution >= 4 is 82.8 Å². The van der Waals surface area contributed by atoms with Crippen LogP contribution in [0, 0.1) is 0 Å². The molecule has 8 aromatic rings. The molecule has 2 unspecified atom stereocenters. The van der Waals surface area contributed by atoms with Crippen molar-refractivity contribution in [2.45, 2.75) is 103 Å². The highest BCUT2D eigenvalue weighted by Crippen LogP contribution is 2.64. The van der Waals surface area contributed by atoms with Crippen molar-refractivity contribution < 1.29 is 0 Å². The molecule has 1 fully saturated rings. The van der Waals surface area contributed by atoms with Crippen molar-refractivity contribution in [3.63, 3.8) is 0 Å². The van der Waals surface area contributed by atoms with Gasteiger partial charge in [-0.1, -0.05) is 152 Å². The summed E-state index contributed by atoms with van der Waals surface area (Å²) in [5.41, 5.74) is 17.9. The van der Waals surface area contributed by atoms with Crippen LogP contribution in [0.25, 0.3) is 53.2 Å². The van der Waals surface area contributed by atoms with E-state index in [0.29, 0.717) is 0 Å². The smallest absolute Gasteiger partial charge is 0.328 e. The maximum Gasteiger partial charge on any atom is 0.328 e. The van der Waals surface area contributed by atoms with E-state index in [4.69, 9.17) is 0 Å². The summed E-state index contributed by atoms with van der Waals surface area (Å²) in [6.07, 6.45) is 4.94. The molecule has 4 aliphatic rings. The van der Waals surface area contributed by atoms with E-state index in [1.165, 1.54) is 124 Å². The predicted molar refractivity (Wildman–Crippen MR) is 262 cm³/mol. The Bertz CT molecular complexity index is 3130. The van der Waals surface area contributed by atoms with E-state index in [-0.39, 0.29) is 28.6 Å². The number of benzene rings is 7. The van der Waals surface area contributed by atoms with Crippen LogP contribution in [0.3, 0.4) is 0 Å². The number of anilines is 4. The van der Waals surface area contributed by atoms with Gasteiger partial charge in [0.2, 0.25) is 0 Å². The summed E-state index contributed by atoms with van der Waals surface area (Å²) in [6, 6.07) is 49.7. The predicted octanol–water partition coefficient (Wildman–Crippen LogP) is 14.4. The van der Waals surface area contributed by atoms with E-state index in [1.807, 2.05) is 11.3 Å². The van der Waals surface area contributed by atoms with E-state index in [9.17, 15) is 0 Å². The van der Waals surface area contributed by atoms with Gasteiger partial charge in [-0.05, 0) is 117 Å². The van der Waals surface area contributed by atoms with Crippen LogP contribution >= 0.6 is 11.3 Å². The van der Waals surface area contributed by atoms with Crippen LogP contribution < -0.4 is 20.6 Å². The molecule has 0 spiro atoms. The summed E-state index contributed by atoms with van der Waals surface area (Å²) < 4.78 is 2.69. The van der Waals surface area contributed by atoms with Gasteiger partial charge < -0.3 is 9.71 Å². The highest BCUT2D eigenvalue weighted by Gasteiger charge is 2.63.